The first-order chi connectivity index (χ1) is 12.7. The zero-order valence-corrected chi connectivity index (χ0v) is 15.3. The van der Waals surface area contributed by atoms with Crippen LogP contribution in [-0.4, -0.2) is 17.0 Å². The van der Waals surface area contributed by atoms with Crippen LogP contribution in [-0.2, 0) is 0 Å². The molecule has 2 aromatic carbocycles. The second-order valence-corrected chi connectivity index (χ2v) is 7.66. The molecule has 3 nitrogen and oxygen atoms in total. The first-order valence-corrected chi connectivity index (χ1v) is 9.73. The molecule has 0 saturated heterocycles. The summed E-state index contributed by atoms with van der Waals surface area (Å²) in [5.74, 6) is 0.864. The van der Waals surface area contributed by atoms with Crippen LogP contribution in [0.3, 0.4) is 0 Å². The van der Waals surface area contributed by atoms with E-state index in [-0.39, 0.29) is 17.2 Å². The number of ketones is 1. The third-order valence-electron chi connectivity index (χ3n) is 6.20. The van der Waals surface area contributed by atoms with Gasteiger partial charge in [0.1, 0.15) is 5.71 Å². The van der Waals surface area contributed by atoms with E-state index in [0.29, 0.717) is 11.3 Å². The number of benzene rings is 2. The van der Waals surface area contributed by atoms with Gasteiger partial charge in [0.2, 0.25) is 5.78 Å². The summed E-state index contributed by atoms with van der Waals surface area (Å²) in [6, 6.07) is 19.9. The fourth-order valence-corrected chi connectivity index (χ4v) is 4.61. The van der Waals surface area contributed by atoms with E-state index in [2.05, 4.69) is 41.7 Å². The van der Waals surface area contributed by atoms with E-state index in [1.165, 1.54) is 24.8 Å². The van der Waals surface area contributed by atoms with Gasteiger partial charge in [-0.3, -0.25) is 4.79 Å². The maximum absolute atomic E-state index is 13.2. The average Bonchev–Trinajstić information content (AvgIpc) is 3.08. The zero-order chi connectivity index (χ0) is 18.0. The van der Waals surface area contributed by atoms with Crippen LogP contribution in [0.1, 0.15) is 60.9 Å². The van der Waals surface area contributed by atoms with Gasteiger partial charge in [-0.15, -0.1) is 0 Å². The smallest absolute Gasteiger partial charge is 0.209 e. The van der Waals surface area contributed by atoms with Gasteiger partial charge in [-0.2, -0.15) is 5.10 Å². The van der Waals surface area contributed by atoms with Crippen LogP contribution in [0.15, 0.2) is 65.8 Å². The average molecular weight is 346 g/mol. The van der Waals surface area contributed by atoms with Crippen molar-refractivity contribution < 1.29 is 4.79 Å². The summed E-state index contributed by atoms with van der Waals surface area (Å²) in [6.45, 7) is 2.28. The van der Waals surface area contributed by atoms with Crippen LogP contribution in [0.2, 0.25) is 0 Å². The molecule has 1 atom stereocenters. The minimum atomic E-state index is -0.118. The molecule has 2 aliphatic rings. The normalized spacial score (nSPS) is 27.8. The van der Waals surface area contributed by atoms with Crippen LogP contribution in [0.5, 0.6) is 0 Å². The lowest BCUT2D eigenvalue weighted by Crippen LogP contribution is -2.48. The number of carbonyl (C=O) groups is 1. The van der Waals surface area contributed by atoms with Crippen molar-refractivity contribution in [3.05, 3.63) is 71.8 Å². The minimum Gasteiger partial charge on any atom is -0.303 e. The molecule has 3 heteroatoms. The SMILES string of the molecule is CCC1CCC2(CC1)NN=C(C(=O)c1ccccc1)C2c1ccccc1. The van der Waals surface area contributed by atoms with Gasteiger partial charge in [0.15, 0.2) is 0 Å². The van der Waals surface area contributed by atoms with Crippen LogP contribution >= 0.6 is 0 Å². The van der Waals surface area contributed by atoms with Crippen LogP contribution < -0.4 is 5.43 Å². The van der Waals surface area contributed by atoms with Gasteiger partial charge < -0.3 is 5.43 Å². The fourth-order valence-electron chi connectivity index (χ4n) is 4.61. The molecule has 1 saturated carbocycles. The molecular formula is C23H26N2O. The molecule has 0 radical (unpaired) electrons. The summed E-state index contributed by atoms with van der Waals surface area (Å²) >= 11 is 0. The van der Waals surface area contributed by atoms with E-state index in [1.807, 2.05) is 36.4 Å². The van der Waals surface area contributed by atoms with Crippen molar-refractivity contribution in [2.45, 2.75) is 50.5 Å². The Balaban J connectivity index is 1.70. The minimum absolute atomic E-state index is 0.0224. The van der Waals surface area contributed by atoms with E-state index >= 15 is 0 Å². The molecule has 2 aromatic rings. The van der Waals surface area contributed by atoms with Gasteiger partial charge in [-0.05, 0) is 37.2 Å². The summed E-state index contributed by atoms with van der Waals surface area (Å²) in [7, 11) is 0. The highest BCUT2D eigenvalue weighted by Gasteiger charge is 2.50. The van der Waals surface area contributed by atoms with Gasteiger partial charge in [0.25, 0.3) is 0 Å². The summed E-state index contributed by atoms with van der Waals surface area (Å²) in [5.41, 5.74) is 5.89. The standard InChI is InChI=1S/C23H26N2O/c1-2-17-13-15-23(16-14-17)20(18-9-5-3-6-10-18)21(24-25-23)22(26)19-11-7-4-8-12-19/h3-12,17,20,25H,2,13-16H2,1H3. The second kappa shape index (κ2) is 7.06. The molecule has 134 valence electrons. The number of hydrogen-bond acceptors (Lipinski definition) is 3. The Bertz CT molecular complexity index is 789. The highest BCUT2D eigenvalue weighted by molar-refractivity contribution is 6.48. The Morgan fingerprint density at radius 2 is 1.65 bits per heavy atom. The monoisotopic (exact) mass is 346 g/mol. The van der Waals surface area contributed by atoms with Crippen LogP contribution in [0.25, 0.3) is 0 Å². The Kier molecular flexibility index (Phi) is 4.62. The highest BCUT2D eigenvalue weighted by Crippen LogP contribution is 2.46. The van der Waals surface area contributed by atoms with E-state index in [0.717, 1.165) is 18.8 Å². The van der Waals surface area contributed by atoms with Crippen molar-refractivity contribution in [3.63, 3.8) is 0 Å². The second-order valence-electron chi connectivity index (χ2n) is 7.66. The van der Waals surface area contributed by atoms with Crippen molar-refractivity contribution in [2.24, 2.45) is 11.0 Å². The number of rotatable bonds is 4. The summed E-state index contributed by atoms with van der Waals surface area (Å²) in [6.07, 6.45) is 5.79. The van der Waals surface area contributed by atoms with E-state index in [4.69, 9.17) is 0 Å². The molecule has 0 aromatic heterocycles. The van der Waals surface area contributed by atoms with E-state index in [1.54, 1.807) is 0 Å². The first kappa shape index (κ1) is 17.0. The van der Waals surface area contributed by atoms with Gasteiger partial charge in [0.05, 0.1) is 11.5 Å². The lowest BCUT2D eigenvalue weighted by molar-refractivity contribution is 0.106. The van der Waals surface area contributed by atoms with Crippen LogP contribution in [0, 0.1) is 5.92 Å². The molecule has 1 N–H and O–H groups in total. The van der Waals surface area contributed by atoms with Gasteiger partial charge in [-0.1, -0.05) is 74.0 Å². The largest absolute Gasteiger partial charge is 0.303 e. The molecule has 0 amide bonds. The molecule has 4 rings (SSSR count). The van der Waals surface area contributed by atoms with Gasteiger partial charge >= 0.3 is 0 Å². The molecule has 0 bridgehead atoms. The molecule has 1 fully saturated rings. The predicted octanol–water partition coefficient (Wildman–Crippen LogP) is 4.95. The summed E-state index contributed by atoms with van der Waals surface area (Å²) in [4.78, 5) is 13.2. The lowest BCUT2D eigenvalue weighted by atomic mass is 9.66. The maximum Gasteiger partial charge on any atom is 0.209 e. The van der Waals surface area contributed by atoms with Crippen LogP contribution in [0.4, 0.5) is 0 Å². The molecule has 1 heterocycles. The summed E-state index contributed by atoms with van der Waals surface area (Å²) < 4.78 is 0. The van der Waals surface area contributed by atoms with Crippen molar-refractivity contribution in [1.82, 2.24) is 5.43 Å². The van der Waals surface area contributed by atoms with E-state index < -0.39 is 0 Å². The lowest BCUT2D eigenvalue weighted by Gasteiger charge is -2.41. The number of nitrogens with one attached hydrogen (secondary N) is 1. The summed E-state index contributed by atoms with van der Waals surface area (Å²) in [5, 5.41) is 4.61. The Morgan fingerprint density at radius 3 is 2.27 bits per heavy atom. The number of Topliss-reactive ketones (excluding diaryl/α,β-unsaturated/α-hetero) is 1. The molecule has 1 aliphatic carbocycles. The Labute approximate surface area is 155 Å². The fraction of sp³-hybridized carbons (Fsp3) is 0.391. The quantitative estimate of drug-likeness (QED) is 0.796. The highest BCUT2D eigenvalue weighted by atomic mass is 16.1. The topological polar surface area (TPSA) is 41.5 Å². The Morgan fingerprint density at radius 1 is 1.04 bits per heavy atom. The molecule has 1 spiro atoms. The van der Waals surface area contributed by atoms with Gasteiger partial charge in [-0.25, -0.2) is 0 Å². The van der Waals surface area contributed by atoms with Crippen molar-refractivity contribution in [3.8, 4) is 0 Å². The molecule has 1 unspecified atom stereocenters. The van der Waals surface area contributed by atoms with Crippen molar-refractivity contribution >= 4 is 11.5 Å². The molecule has 26 heavy (non-hydrogen) atoms. The number of hydrogen-bond donors (Lipinski definition) is 1. The van der Waals surface area contributed by atoms with Gasteiger partial charge in [0, 0.05) is 5.56 Å². The maximum atomic E-state index is 13.2. The van der Waals surface area contributed by atoms with E-state index in [9.17, 15) is 4.79 Å². The number of carbonyl (C=O) groups excluding carboxylic acids is 1. The predicted molar refractivity (Wildman–Crippen MR) is 106 cm³/mol. The first-order valence-electron chi connectivity index (χ1n) is 9.73. The number of hydrazone groups is 1. The zero-order valence-electron chi connectivity index (χ0n) is 15.3. The van der Waals surface area contributed by atoms with Crippen molar-refractivity contribution in [1.29, 1.82) is 0 Å². The Hall–Kier alpha value is -2.42. The molecule has 1 aliphatic heterocycles. The third kappa shape index (κ3) is 2.96. The molecular weight excluding hydrogens is 320 g/mol. The van der Waals surface area contributed by atoms with Crippen molar-refractivity contribution in [2.75, 3.05) is 0 Å². The third-order valence-corrected chi connectivity index (χ3v) is 6.20. The number of nitrogens with zero attached hydrogens (tertiary/aromatic N) is 1.